The van der Waals surface area contributed by atoms with E-state index in [2.05, 4.69) is 4.99 Å². The fourth-order valence-corrected chi connectivity index (χ4v) is 2.03. The predicted molar refractivity (Wildman–Crippen MR) is 45.4 cm³/mol. The highest BCUT2D eigenvalue weighted by atomic mass is 32.2. The number of aliphatic imine (C=N–C) groups is 1. The molecule has 0 spiro atoms. The van der Waals surface area contributed by atoms with Crippen molar-refractivity contribution in [2.24, 2.45) is 4.99 Å². The molecule has 11 heavy (non-hydrogen) atoms. The largest absolute Gasteiger partial charge is 0.287 e. The van der Waals surface area contributed by atoms with E-state index in [0.717, 1.165) is 10.9 Å². The molecule has 0 saturated carbocycles. The summed E-state index contributed by atoms with van der Waals surface area (Å²) in [5.41, 5.74) is 1.01. The van der Waals surface area contributed by atoms with Crippen LogP contribution in [0.15, 0.2) is 16.8 Å². The first kappa shape index (κ1) is 6.91. The standard InChI is InChI=1S/C7H8N2OS/c1-5-2-3-9-6(10)4-11-7(9)8-5/h2H,3-4H2,1H3. The van der Waals surface area contributed by atoms with Gasteiger partial charge in [0.1, 0.15) is 0 Å². The van der Waals surface area contributed by atoms with Crippen LogP contribution in [-0.4, -0.2) is 28.3 Å². The van der Waals surface area contributed by atoms with Gasteiger partial charge in [0.2, 0.25) is 5.91 Å². The van der Waals surface area contributed by atoms with E-state index in [-0.39, 0.29) is 5.91 Å². The van der Waals surface area contributed by atoms with E-state index in [9.17, 15) is 4.79 Å². The SMILES string of the molecule is CC1=CCN2C(=O)CSC2=N1. The van der Waals surface area contributed by atoms with Crippen LogP contribution in [0.1, 0.15) is 6.92 Å². The number of amidine groups is 1. The summed E-state index contributed by atoms with van der Waals surface area (Å²) < 4.78 is 0. The minimum absolute atomic E-state index is 0.178. The fourth-order valence-electron chi connectivity index (χ4n) is 1.08. The van der Waals surface area contributed by atoms with E-state index in [1.807, 2.05) is 13.0 Å². The maximum absolute atomic E-state index is 11.1. The molecule has 1 fully saturated rings. The highest BCUT2D eigenvalue weighted by Crippen LogP contribution is 2.23. The Morgan fingerprint density at radius 1 is 1.73 bits per heavy atom. The zero-order valence-electron chi connectivity index (χ0n) is 6.20. The fraction of sp³-hybridized carbons (Fsp3) is 0.429. The number of fused-ring (bicyclic) bond motifs is 1. The van der Waals surface area contributed by atoms with Gasteiger partial charge in [0.25, 0.3) is 0 Å². The number of thioether (sulfide) groups is 1. The molecule has 0 unspecified atom stereocenters. The normalized spacial score (nSPS) is 23.0. The second-order valence-corrected chi connectivity index (χ2v) is 3.48. The van der Waals surface area contributed by atoms with Crippen molar-refractivity contribution in [1.82, 2.24) is 4.90 Å². The number of nitrogens with zero attached hydrogens (tertiary/aromatic N) is 2. The molecule has 2 aliphatic rings. The topological polar surface area (TPSA) is 32.7 Å². The first-order valence-corrected chi connectivity index (χ1v) is 4.44. The summed E-state index contributed by atoms with van der Waals surface area (Å²) in [5, 5.41) is 0.870. The van der Waals surface area contributed by atoms with Gasteiger partial charge in [0.15, 0.2) is 5.17 Å². The van der Waals surface area contributed by atoms with E-state index in [1.54, 1.807) is 4.90 Å². The van der Waals surface area contributed by atoms with E-state index in [4.69, 9.17) is 0 Å². The first-order chi connectivity index (χ1) is 5.27. The van der Waals surface area contributed by atoms with Gasteiger partial charge >= 0.3 is 0 Å². The Kier molecular flexibility index (Phi) is 1.49. The molecule has 1 saturated heterocycles. The van der Waals surface area contributed by atoms with Crippen LogP contribution in [0.4, 0.5) is 0 Å². The van der Waals surface area contributed by atoms with Gasteiger partial charge < -0.3 is 0 Å². The molecule has 2 rings (SSSR count). The van der Waals surface area contributed by atoms with Crippen molar-refractivity contribution < 1.29 is 4.79 Å². The summed E-state index contributed by atoms with van der Waals surface area (Å²) in [6, 6.07) is 0. The molecule has 0 aromatic heterocycles. The van der Waals surface area contributed by atoms with Crippen molar-refractivity contribution in [1.29, 1.82) is 0 Å². The maximum Gasteiger partial charge on any atom is 0.239 e. The summed E-state index contributed by atoms with van der Waals surface area (Å²) in [6.45, 7) is 2.66. The van der Waals surface area contributed by atoms with Crippen molar-refractivity contribution in [3.05, 3.63) is 11.8 Å². The van der Waals surface area contributed by atoms with Gasteiger partial charge in [-0.1, -0.05) is 11.8 Å². The van der Waals surface area contributed by atoms with Crippen molar-refractivity contribution in [2.45, 2.75) is 6.92 Å². The smallest absolute Gasteiger partial charge is 0.239 e. The molecule has 0 N–H and O–H groups in total. The molecule has 1 amide bonds. The number of rotatable bonds is 0. The van der Waals surface area contributed by atoms with Crippen molar-refractivity contribution in [3.8, 4) is 0 Å². The molecule has 0 atom stereocenters. The Labute approximate surface area is 69.2 Å². The van der Waals surface area contributed by atoms with Crippen LogP contribution in [-0.2, 0) is 4.79 Å². The Bertz CT molecular complexity index is 270. The van der Waals surface area contributed by atoms with Gasteiger partial charge in [-0.15, -0.1) is 0 Å². The molecule has 0 aromatic carbocycles. The molecule has 2 heterocycles. The summed E-state index contributed by atoms with van der Waals surface area (Å²) in [6.07, 6.45) is 1.97. The highest BCUT2D eigenvalue weighted by molar-refractivity contribution is 8.15. The van der Waals surface area contributed by atoms with Crippen LogP contribution in [0.25, 0.3) is 0 Å². The zero-order valence-corrected chi connectivity index (χ0v) is 7.02. The second kappa shape index (κ2) is 2.37. The molecule has 0 bridgehead atoms. The number of hydrogen-bond acceptors (Lipinski definition) is 3. The molecular weight excluding hydrogens is 160 g/mol. The van der Waals surface area contributed by atoms with Gasteiger partial charge in [-0.2, -0.15) is 0 Å². The highest BCUT2D eigenvalue weighted by Gasteiger charge is 2.28. The van der Waals surface area contributed by atoms with Crippen molar-refractivity contribution in [2.75, 3.05) is 12.3 Å². The minimum atomic E-state index is 0.178. The Morgan fingerprint density at radius 3 is 3.36 bits per heavy atom. The van der Waals surface area contributed by atoms with Crippen LogP contribution in [0, 0.1) is 0 Å². The quantitative estimate of drug-likeness (QED) is 0.537. The predicted octanol–water partition coefficient (Wildman–Crippen LogP) is 0.835. The molecular formula is C7H8N2OS. The van der Waals surface area contributed by atoms with Crippen LogP contribution < -0.4 is 0 Å². The number of carbonyl (C=O) groups is 1. The lowest BCUT2D eigenvalue weighted by Gasteiger charge is -2.17. The zero-order chi connectivity index (χ0) is 7.84. The second-order valence-electron chi connectivity index (χ2n) is 2.53. The third kappa shape index (κ3) is 1.07. The lowest BCUT2D eigenvalue weighted by molar-refractivity contribution is -0.123. The average Bonchev–Trinajstić information content (AvgIpc) is 2.32. The van der Waals surface area contributed by atoms with Gasteiger partial charge in [-0.3, -0.25) is 9.69 Å². The third-order valence-corrected chi connectivity index (χ3v) is 2.66. The number of hydrogen-bond donors (Lipinski definition) is 0. The first-order valence-electron chi connectivity index (χ1n) is 3.46. The summed E-state index contributed by atoms with van der Waals surface area (Å²) in [4.78, 5) is 17.1. The molecule has 0 aromatic rings. The van der Waals surface area contributed by atoms with Crippen molar-refractivity contribution in [3.63, 3.8) is 0 Å². The molecule has 58 valence electrons. The van der Waals surface area contributed by atoms with Crippen molar-refractivity contribution >= 4 is 22.8 Å². The van der Waals surface area contributed by atoms with Gasteiger partial charge in [0, 0.05) is 12.2 Å². The minimum Gasteiger partial charge on any atom is -0.287 e. The van der Waals surface area contributed by atoms with Crippen LogP contribution >= 0.6 is 11.8 Å². The van der Waals surface area contributed by atoms with Crippen LogP contribution in [0.5, 0.6) is 0 Å². The maximum atomic E-state index is 11.1. The summed E-state index contributed by atoms with van der Waals surface area (Å²) in [5.74, 6) is 0.734. The number of amides is 1. The summed E-state index contributed by atoms with van der Waals surface area (Å²) >= 11 is 1.52. The molecule has 3 nitrogen and oxygen atoms in total. The van der Waals surface area contributed by atoms with Gasteiger partial charge in [-0.25, -0.2) is 4.99 Å². The monoisotopic (exact) mass is 168 g/mol. The average molecular weight is 168 g/mol. The molecule has 0 aliphatic carbocycles. The van der Waals surface area contributed by atoms with Crippen LogP contribution in [0.2, 0.25) is 0 Å². The molecule has 2 aliphatic heterocycles. The lowest BCUT2D eigenvalue weighted by atomic mass is 10.4. The van der Waals surface area contributed by atoms with E-state index < -0.39 is 0 Å². The molecule has 0 radical (unpaired) electrons. The van der Waals surface area contributed by atoms with E-state index in [0.29, 0.717) is 12.3 Å². The molecule has 4 heteroatoms. The van der Waals surface area contributed by atoms with Crippen LogP contribution in [0.3, 0.4) is 0 Å². The van der Waals surface area contributed by atoms with Gasteiger partial charge in [0.05, 0.1) is 5.75 Å². The lowest BCUT2D eigenvalue weighted by Crippen LogP contribution is -2.31. The Hall–Kier alpha value is -0.770. The Balaban J connectivity index is 2.30. The van der Waals surface area contributed by atoms with E-state index >= 15 is 0 Å². The van der Waals surface area contributed by atoms with E-state index in [1.165, 1.54) is 11.8 Å². The third-order valence-electron chi connectivity index (χ3n) is 1.70. The number of carbonyl (C=O) groups excluding carboxylic acids is 1. The van der Waals surface area contributed by atoms with Gasteiger partial charge in [-0.05, 0) is 13.0 Å². The number of allylic oxidation sites excluding steroid dienone is 1. The summed E-state index contributed by atoms with van der Waals surface area (Å²) in [7, 11) is 0. The Morgan fingerprint density at radius 2 is 2.55 bits per heavy atom.